The van der Waals surface area contributed by atoms with E-state index in [4.69, 9.17) is 23.6 Å². The van der Waals surface area contributed by atoms with Crippen LogP contribution in [0.4, 0.5) is 0 Å². The summed E-state index contributed by atoms with van der Waals surface area (Å²) in [6.07, 6.45) is 0. The summed E-state index contributed by atoms with van der Waals surface area (Å²) < 4.78 is 0. The van der Waals surface area contributed by atoms with E-state index in [0.717, 1.165) is 0 Å². The molecule has 0 spiro atoms. The van der Waals surface area contributed by atoms with Crippen molar-refractivity contribution >= 4 is 56.9 Å². The molecule has 0 heterocycles. The Morgan fingerprint density at radius 2 is 0.581 bits per heavy atom. The van der Waals surface area contributed by atoms with Gasteiger partial charge in [0.2, 0.25) is 0 Å². The quantitative estimate of drug-likeness (QED) is 0.213. The van der Waals surface area contributed by atoms with Crippen LogP contribution in [0.2, 0.25) is 0 Å². The second kappa shape index (κ2) is 12.0. The van der Waals surface area contributed by atoms with E-state index in [0.29, 0.717) is 0 Å². The van der Waals surface area contributed by atoms with Crippen molar-refractivity contribution < 1.29 is 37.7 Å². The molecule has 31 heavy (non-hydrogen) atoms. The molecule has 0 aromatic heterocycles. The zero-order valence-corrected chi connectivity index (χ0v) is 21.3. The Balaban J connectivity index is 0.00000171. The molecule has 4 aromatic carbocycles. The fourth-order valence-corrected chi connectivity index (χ4v) is 15.0. The van der Waals surface area contributed by atoms with Crippen molar-refractivity contribution in [3.63, 3.8) is 0 Å². The van der Waals surface area contributed by atoms with Gasteiger partial charge in [-0.1, -0.05) is 121 Å². The first-order valence-corrected chi connectivity index (χ1v) is 15.2. The van der Waals surface area contributed by atoms with Crippen molar-refractivity contribution in [1.29, 1.82) is 0 Å². The normalized spacial score (nSPS) is 11.1. The predicted molar refractivity (Wildman–Crippen MR) is 137 cm³/mol. The molecular formula is C25H21Li2P2S2+. The zero-order chi connectivity index (χ0) is 20.2. The standard InChI is InChI=1S/C25H21P2S2.2Li/c28-26(22-13-5-1-6-14-22,23-15-7-2-8-16-23)21-27(29,24-17-9-3-10-18-24)25-19-11-4-12-20-25;;/h1-21H;;/q-1;2*+1. The minimum atomic E-state index is -2.22. The predicted octanol–water partition coefficient (Wildman–Crippen LogP) is -0.625. The van der Waals surface area contributed by atoms with Gasteiger partial charge in [-0.2, -0.15) is 0 Å². The summed E-state index contributed by atoms with van der Waals surface area (Å²) in [5, 5.41) is 4.73. The molecular weight excluding hydrogens is 440 g/mol. The summed E-state index contributed by atoms with van der Waals surface area (Å²) in [6.45, 7) is 0. The van der Waals surface area contributed by atoms with Crippen LogP contribution in [0.1, 0.15) is 0 Å². The Bertz CT molecular complexity index is 987. The first kappa shape index (κ1) is 26.6. The van der Waals surface area contributed by atoms with Crippen molar-refractivity contribution in [1.82, 2.24) is 0 Å². The summed E-state index contributed by atoms with van der Waals surface area (Å²) in [6, 6.07) is 37.5. The van der Waals surface area contributed by atoms with Gasteiger partial charge in [0, 0.05) is 0 Å². The van der Waals surface area contributed by atoms with Gasteiger partial charge in [0.15, 0.2) is 0 Å². The molecule has 0 unspecified atom stereocenters. The number of benzene rings is 4. The molecule has 6 heteroatoms. The molecule has 0 nitrogen and oxygen atoms in total. The SMILES string of the molecule is S=P([CH-]P(=S)(c1ccccc1)c1ccccc1)(c1ccccc1)c1ccccc1.[Li+].[Li+]. The van der Waals surface area contributed by atoms with Crippen molar-refractivity contribution in [3.05, 3.63) is 127 Å². The Hall–Kier alpha value is -0.625. The van der Waals surface area contributed by atoms with E-state index in [1.807, 2.05) is 24.3 Å². The number of rotatable bonds is 6. The Morgan fingerprint density at radius 3 is 0.774 bits per heavy atom. The second-order valence-corrected chi connectivity index (χ2v) is 15.9. The van der Waals surface area contributed by atoms with E-state index in [1.165, 1.54) is 21.2 Å². The summed E-state index contributed by atoms with van der Waals surface area (Å²) in [5.74, 6) is 2.38. The molecule has 0 N–H and O–H groups in total. The van der Waals surface area contributed by atoms with E-state index in [9.17, 15) is 0 Å². The Morgan fingerprint density at radius 1 is 0.387 bits per heavy atom. The third-order valence-corrected chi connectivity index (χ3v) is 16.0. The van der Waals surface area contributed by atoms with Crippen molar-refractivity contribution in [3.8, 4) is 0 Å². The number of hydrogen-bond donors (Lipinski definition) is 0. The van der Waals surface area contributed by atoms with Crippen molar-refractivity contribution in [2.75, 3.05) is 0 Å². The smallest absolute Gasteiger partial charge is 0.236 e. The second-order valence-electron chi connectivity index (χ2n) is 6.77. The minimum absolute atomic E-state index is 0. The molecule has 144 valence electrons. The van der Waals surface area contributed by atoms with E-state index in [-0.39, 0.29) is 37.7 Å². The number of hydrogen-bond acceptors (Lipinski definition) is 2. The van der Waals surface area contributed by atoms with Gasteiger partial charge in [0.05, 0.1) is 0 Å². The van der Waals surface area contributed by atoms with Crippen LogP contribution in [-0.2, 0) is 23.6 Å². The van der Waals surface area contributed by atoms with Gasteiger partial charge in [0.25, 0.3) is 0 Å². The monoisotopic (exact) mass is 461 g/mol. The largest absolute Gasteiger partial charge is 1.00 e. The van der Waals surface area contributed by atoms with Crippen LogP contribution >= 0.6 is 12.1 Å². The molecule has 4 rings (SSSR count). The fourth-order valence-electron chi connectivity index (χ4n) is 3.39. The Kier molecular flexibility index (Phi) is 10.3. The maximum absolute atomic E-state index is 6.50. The fraction of sp³-hybridized carbons (Fsp3) is 0. The third kappa shape index (κ3) is 5.84. The molecule has 0 saturated carbocycles. The van der Waals surface area contributed by atoms with E-state index in [2.05, 4.69) is 103 Å². The van der Waals surface area contributed by atoms with Gasteiger partial charge in [-0.15, -0.1) is 35.7 Å². The van der Waals surface area contributed by atoms with Crippen LogP contribution in [-0.4, -0.2) is 0 Å². The zero-order valence-electron chi connectivity index (χ0n) is 17.8. The maximum atomic E-state index is 6.50. The van der Waals surface area contributed by atoms with Crippen LogP contribution in [0.3, 0.4) is 0 Å². The first-order chi connectivity index (χ1) is 14.1. The van der Waals surface area contributed by atoms with Crippen LogP contribution in [0, 0.1) is 5.90 Å². The van der Waals surface area contributed by atoms with Crippen molar-refractivity contribution in [2.24, 2.45) is 0 Å². The molecule has 0 bridgehead atoms. The van der Waals surface area contributed by atoms with Gasteiger partial charge < -0.3 is 0 Å². The molecule has 0 aliphatic rings. The molecule has 4 aromatic rings. The molecule has 0 saturated heterocycles. The van der Waals surface area contributed by atoms with Crippen LogP contribution in [0.15, 0.2) is 121 Å². The average Bonchev–Trinajstić information content (AvgIpc) is 2.81. The first-order valence-electron chi connectivity index (χ1n) is 9.42. The summed E-state index contributed by atoms with van der Waals surface area (Å²) in [5.41, 5.74) is 0. The summed E-state index contributed by atoms with van der Waals surface area (Å²) >= 11 is 13.0. The maximum Gasteiger partial charge on any atom is 1.00 e. The topological polar surface area (TPSA) is 0 Å². The van der Waals surface area contributed by atoms with E-state index in [1.54, 1.807) is 0 Å². The van der Waals surface area contributed by atoms with Crippen LogP contribution < -0.4 is 58.9 Å². The van der Waals surface area contributed by atoms with Gasteiger partial charge >= 0.3 is 37.7 Å². The molecule has 0 aliphatic heterocycles. The van der Waals surface area contributed by atoms with E-state index >= 15 is 0 Å². The van der Waals surface area contributed by atoms with Gasteiger partial charge in [-0.25, -0.2) is 5.90 Å². The van der Waals surface area contributed by atoms with Gasteiger partial charge in [0.1, 0.15) is 0 Å². The van der Waals surface area contributed by atoms with Crippen LogP contribution in [0.5, 0.6) is 0 Å². The Labute approximate surface area is 220 Å². The third-order valence-electron chi connectivity index (χ3n) is 4.88. The van der Waals surface area contributed by atoms with Gasteiger partial charge in [-0.3, -0.25) is 0 Å². The minimum Gasteiger partial charge on any atom is -0.236 e. The summed E-state index contributed by atoms with van der Waals surface area (Å²) in [7, 11) is 0. The van der Waals surface area contributed by atoms with E-state index < -0.39 is 12.1 Å². The molecule has 0 radical (unpaired) electrons. The summed E-state index contributed by atoms with van der Waals surface area (Å²) in [4.78, 5) is 0. The molecule has 0 atom stereocenters. The molecule has 0 amide bonds. The molecule has 0 aliphatic carbocycles. The molecule has 0 fully saturated rings. The van der Waals surface area contributed by atoms with Crippen molar-refractivity contribution in [2.45, 2.75) is 0 Å². The average molecular weight is 461 g/mol. The van der Waals surface area contributed by atoms with Crippen LogP contribution in [0.25, 0.3) is 0 Å². The van der Waals surface area contributed by atoms with Gasteiger partial charge in [-0.05, 0) is 21.2 Å².